The van der Waals surface area contributed by atoms with Gasteiger partial charge in [-0.05, 0) is 6.07 Å². The zero-order chi connectivity index (χ0) is 12.1. The molecular weight excluding hydrogens is 212 g/mol. The second-order valence-corrected chi connectivity index (χ2v) is 3.22. The highest BCUT2D eigenvalue weighted by molar-refractivity contribution is 6.20. The van der Waals surface area contributed by atoms with E-state index in [1.165, 1.54) is 18.3 Å². The molecule has 0 saturated heterocycles. The van der Waals surface area contributed by atoms with Crippen LogP contribution in [0.3, 0.4) is 0 Å². The Balaban J connectivity index is 3.27. The Bertz CT molecular complexity index is 427. The van der Waals surface area contributed by atoms with Gasteiger partial charge in [-0.25, -0.2) is 8.78 Å². The SMILES string of the molecule is CCC(=O)/C(=C/NC)c1cccc(F)c1F. The van der Waals surface area contributed by atoms with Crippen molar-refractivity contribution in [2.24, 2.45) is 0 Å². The Labute approximate surface area is 93.0 Å². The number of hydrogen-bond donors (Lipinski definition) is 1. The summed E-state index contributed by atoms with van der Waals surface area (Å²) < 4.78 is 26.5. The smallest absolute Gasteiger partial charge is 0.166 e. The van der Waals surface area contributed by atoms with Crippen LogP contribution in [-0.4, -0.2) is 12.8 Å². The maximum Gasteiger partial charge on any atom is 0.166 e. The summed E-state index contributed by atoms with van der Waals surface area (Å²) in [6.07, 6.45) is 1.62. The first-order valence-electron chi connectivity index (χ1n) is 4.96. The molecule has 86 valence electrons. The maximum atomic E-state index is 13.5. The van der Waals surface area contributed by atoms with Crippen LogP contribution in [0.15, 0.2) is 24.4 Å². The Kier molecular flexibility index (Phi) is 4.17. The normalized spacial score (nSPS) is 11.4. The first-order chi connectivity index (χ1) is 7.61. The molecule has 0 bridgehead atoms. The van der Waals surface area contributed by atoms with E-state index in [1.54, 1.807) is 14.0 Å². The van der Waals surface area contributed by atoms with Gasteiger partial charge in [-0.3, -0.25) is 4.79 Å². The van der Waals surface area contributed by atoms with Gasteiger partial charge in [0.1, 0.15) is 0 Å². The van der Waals surface area contributed by atoms with Crippen LogP contribution in [0, 0.1) is 11.6 Å². The van der Waals surface area contributed by atoms with Gasteiger partial charge in [-0.2, -0.15) is 0 Å². The van der Waals surface area contributed by atoms with Gasteiger partial charge in [-0.1, -0.05) is 19.1 Å². The average Bonchev–Trinajstić information content (AvgIpc) is 2.29. The number of Topliss-reactive ketones (excluding diaryl/α,β-unsaturated/α-hetero) is 1. The van der Waals surface area contributed by atoms with Gasteiger partial charge in [0.05, 0.1) is 0 Å². The number of carbonyl (C=O) groups is 1. The van der Waals surface area contributed by atoms with Gasteiger partial charge in [0.25, 0.3) is 0 Å². The fraction of sp³-hybridized carbons (Fsp3) is 0.250. The predicted octanol–water partition coefficient (Wildman–Crippen LogP) is 2.50. The molecule has 0 fully saturated rings. The minimum Gasteiger partial charge on any atom is -0.393 e. The number of carbonyl (C=O) groups excluding carboxylic acids is 1. The molecule has 0 saturated carbocycles. The predicted molar refractivity (Wildman–Crippen MR) is 58.7 cm³/mol. The fourth-order valence-corrected chi connectivity index (χ4v) is 1.36. The van der Waals surface area contributed by atoms with Crippen molar-refractivity contribution in [1.82, 2.24) is 5.32 Å². The molecule has 0 spiro atoms. The van der Waals surface area contributed by atoms with Crippen LogP contribution in [0.25, 0.3) is 5.57 Å². The molecule has 0 aliphatic rings. The van der Waals surface area contributed by atoms with Crippen LogP contribution in [0.2, 0.25) is 0 Å². The minimum atomic E-state index is -0.995. The molecule has 1 rings (SSSR count). The van der Waals surface area contributed by atoms with Gasteiger partial charge in [0.2, 0.25) is 0 Å². The van der Waals surface area contributed by atoms with E-state index >= 15 is 0 Å². The van der Waals surface area contributed by atoms with Gasteiger partial charge < -0.3 is 5.32 Å². The van der Waals surface area contributed by atoms with Crippen LogP contribution < -0.4 is 5.32 Å². The molecular formula is C12H13F2NO. The lowest BCUT2D eigenvalue weighted by atomic mass is 10.0. The Morgan fingerprint density at radius 3 is 2.69 bits per heavy atom. The molecule has 4 heteroatoms. The molecule has 1 aromatic carbocycles. The van der Waals surface area contributed by atoms with Crippen LogP contribution in [0.4, 0.5) is 8.78 Å². The summed E-state index contributed by atoms with van der Waals surface area (Å²) in [4.78, 5) is 11.6. The summed E-state index contributed by atoms with van der Waals surface area (Å²) in [5.41, 5.74) is 0.142. The van der Waals surface area contributed by atoms with Crippen molar-refractivity contribution < 1.29 is 13.6 Å². The third kappa shape index (κ3) is 2.45. The Hall–Kier alpha value is -1.71. The highest BCUT2D eigenvalue weighted by Crippen LogP contribution is 2.21. The lowest BCUT2D eigenvalue weighted by Gasteiger charge is -2.07. The molecule has 0 radical (unpaired) electrons. The lowest BCUT2D eigenvalue weighted by molar-refractivity contribution is -0.113. The van der Waals surface area contributed by atoms with Crippen LogP contribution in [0.1, 0.15) is 18.9 Å². The average molecular weight is 225 g/mol. The molecule has 0 heterocycles. The first-order valence-corrected chi connectivity index (χ1v) is 4.96. The van der Waals surface area contributed by atoms with E-state index in [2.05, 4.69) is 5.32 Å². The number of hydrogen-bond acceptors (Lipinski definition) is 2. The minimum absolute atomic E-state index is 0.0128. The molecule has 1 N–H and O–H groups in total. The number of benzene rings is 1. The van der Waals surface area contributed by atoms with Gasteiger partial charge in [0.15, 0.2) is 17.4 Å². The van der Waals surface area contributed by atoms with Crippen molar-refractivity contribution in [2.45, 2.75) is 13.3 Å². The van der Waals surface area contributed by atoms with Gasteiger partial charge >= 0.3 is 0 Å². The summed E-state index contributed by atoms with van der Waals surface area (Å²) in [5.74, 6) is -2.19. The Morgan fingerprint density at radius 1 is 1.44 bits per heavy atom. The Morgan fingerprint density at radius 2 is 2.12 bits per heavy atom. The molecule has 0 atom stereocenters. The summed E-state index contributed by atoms with van der Waals surface area (Å²) in [5, 5.41) is 2.66. The highest BCUT2D eigenvalue weighted by atomic mass is 19.2. The van der Waals surface area contributed by atoms with Crippen molar-refractivity contribution >= 4 is 11.4 Å². The number of halogens is 2. The van der Waals surface area contributed by atoms with E-state index < -0.39 is 11.6 Å². The van der Waals surface area contributed by atoms with E-state index in [1.807, 2.05) is 0 Å². The van der Waals surface area contributed by atoms with Gasteiger partial charge in [0, 0.05) is 30.8 Å². The largest absolute Gasteiger partial charge is 0.393 e. The van der Waals surface area contributed by atoms with Crippen molar-refractivity contribution in [3.05, 3.63) is 41.6 Å². The quantitative estimate of drug-likeness (QED) is 0.798. The maximum absolute atomic E-state index is 13.5. The highest BCUT2D eigenvalue weighted by Gasteiger charge is 2.16. The molecule has 16 heavy (non-hydrogen) atoms. The molecule has 0 aromatic heterocycles. The topological polar surface area (TPSA) is 29.1 Å². The third-order valence-corrected chi connectivity index (χ3v) is 2.15. The second kappa shape index (κ2) is 5.39. The van der Waals surface area contributed by atoms with Gasteiger partial charge in [-0.15, -0.1) is 0 Å². The summed E-state index contributed by atoms with van der Waals surface area (Å²) in [6, 6.07) is 3.78. The zero-order valence-electron chi connectivity index (χ0n) is 9.18. The van der Waals surface area contributed by atoms with Crippen LogP contribution in [-0.2, 0) is 4.79 Å². The summed E-state index contributed by atoms with van der Waals surface area (Å²) in [7, 11) is 1.60. The van der Waals surface area contributed by atoms with E-state index in [9.17, 15) is 13.6 Å². The third-order valence-electron chi connectivity index (χ3n) is 2.15. The molecule has 1 aromatic rings. The molecule has 0 aliphatic heterocycles. The summed E-state index contributed by atoms with van der Waals surface area (Å²) >= 11 is 0. The van der Waals surface area contributed by atoms with Crippen LogP contribution >= 0.6 is 0 Å². The van der Waals surface area contributed by atoms with Crippen molar-refractivity contribution in [3.63, 3.8) is 0 Å². The zero-order valence-corrected chi connectivity index (χ0v) is 9.18. The summed E-state index contributed by atoms with van der Waals surface area (Å²) in [6.45, 7) is 1.67. The van der Waals surface area contributed by atoms with Crippen molar-refractivity contribution in [1.29, 1.82) is 0 Å². The molecule has 0 amide bonds. The number of rotatable bonds is 4. The monoisotopic (exact) mass is 225 g/mol. The van der Waals surface area contributed by atoms with E-state index in [-0.39, 0.29) is 23.3 Å². The molecule has 2 nitrogen and oxygen atoms in total. The number of nitrogens with one attached hydrogen (secondary N) is 1. The molecule has 0 aliphatic carbocycles. The standard InChI is InChI=1S/C12H13F2NO/c1-3-11(16)9(7-15-2)8-5-4-6-10(13)12(8)14/h4-7,15H,3H2,1-2H3/b9-7+. The fourth-order valence-electron chi connectivity index (χ4n) is 1.36. The lowest BCUT2D eigenvalue weighted by Crippen LogP contribution is -2.07. The number of ketones is 1. The number of allylic oxidation sites excluding steroid dienone is 1. The van der Waals surface area contributed by atoms with Crippen molar-refractivity contribution in [3.8, 4) is 0 Å². The van der Waals surface area contributed by atoms with Crippen molar-refractivity contribution in [2.75, 3.05) is 7.05 Å². The first kappa shape index (κ1) is 12.4. The molecule has 0 unspecified atom stereocenters. The van der Waals surface area contributed by atoms with E-state index in [4.69, 9.17) is 0 Å². The van der Waals surface area contributed by atoms with E-state index in [0.717, 1.165) is 6.07 Å². The van der Waals surface area contributed by atoms with Crippen LogP contribution in [0.5, 0.6) is 0 Å². The van der Waals surface area contributed by atoms with E-state index in [0.29, 0.717) is 0 Å². The second-order valence-electron chi connectivity index (χ2n) is 3.22.